The summed E-state index contributed by atoms with van der Waals surface area (Å²) in [7, 11) is 0. The van der Waals surface area contributed by atoms with E-state index in [1.54, 1.807) is 18.2 Å². The van der Waals surface area contributed by atoms with Gasteiger partial charge in [-0.2, -0.15) is 0 Å². The van der Waals surface area contributed by atoms with Crippen molar-refractivity contribution >= 4 is 39.1 Å². The summed E-state index contributed by atoms with van der Waals surface area (Å²) in [4.78, 5) is 12.3. The van der Waals surface area contributed by atoms with Crippen LogP contribution in [-0.4, -0.2) is 12.0 Å². The maximum absolute atomic E-state index is 12.3. The molecular formula is C18H17BrClNO2. The number of anilines is 1. The summed E-state index contributed by atoms with van der Waals surface area (Å²) in [5, 5.41) is 3.27. The minimum Gasteiger partial charge on any atom is -0.490 e. The van der Waals surface area contributed by atoms with Crippen LogP contribution in [0.3, 0.4) is 0 Å². The van der Waals surface area contributed by atoms with Gasteiger partial charge in [0.2, 0.25) is 0 Å². The maximum Gasteiger partial charge on any atom is 0.257 e. The highest BCUT2D eigenvalue weighted by Crippen LogP contribution is 2.26. The van der Waals surface area contributed by atoms with Gasteiger partial charge in [-0.3, -0.25) is 4.79 Å². The molecule has 120 valence electrons. The zero-order valence-corrected chi connectivity index (χ0v) is 14.9. The highest BCUT2D eigenvalue weighted by Gasteiger charge is 2.16. The number of benzene rings is 2. The van der Waals surface area contributed by atoms with Crippen LogP contribution < -0.4 is 10.1 Å². The van der Waals surface area contributed by atoms with E-state index in [1.807, 2.05) is 24.3 Å². The summed E-state index contributed by atoms with van der Waals surface area (Å²) < 4.78 is 6.73. The fraction of sp³-hybridized carbons (Fsp3) is 0.278. The minimum atomic E-state index is -0.235. The molecule has 0 aliphatic heterocycles. The summed E-state index contributed by atoms with van der Waals surface area (Å²) in [6, 6.07) is 12.7. The Labute approximate surface area is 149 Å². The Balaban J connectivity index is 1.65. The fourth-order valence-corrected chi connectivity index (χ4v) is 3.25. The topological polar surface area (TPSA) is 38.3 Å². The Bertz CT molecular complexity index is 697. The van der Waals surface area contributed by atoms with Crippen molar-refractivity contribution in [1.29, 1.82) is 0 Å². The van der Waals surface area contributed by atoms with E-state index < -0.39 is 0 Å². The Morgan fingerprint density at radius 2 is 1.83 bits per heavy atom. The largest absolute Gasteiger partial charge is 0.490 e. The number of hydrogen-bond acceptors (Lipinski definition) is 2. The lowest BCUT2D eigenvalue weighted by Gasteiger charge is -2.13. The first-order valence-corrected chi connectivity index (χ1v) is 8.82. The molecule has 1 amide bonds. The van der Waals surface area contributed by atoms with Crippen LogP contribution in [0.2, 0.25) is 5.02 Å². The van der Waals surface area contributed by atoms with Gasteiger partial charge in [-0.05, 0) is 68.1 Å². The van der Waals surface area contributed by atoms with Crippen molar-refractivity contribution in [2.45, 2.75) is 31.8 Å². The molecule has 0 aromatic heterocycles. The number of hydrogen-bond donors (Lipinski definition) is 1. The monoisotopic (exact) mass is 393 g/mol. The third-order valence-corrected chi connectivity index (χ3v) is 4.71. The Morgan fingerprint density at radius 3 is 2.52 bits per heavy atom. The Morgan fingerprint density at radius 1 is 1.13 bits per heavy atom. The smallest absolute Gasteiger partial charge is 0.257 e. The Hall–Kier alpha value is -1.52. The van der Waals surface area contributed by atoms with Crippen LogP contribution in [0.25, 0.3) is 0 Å². The van der Waals surface area contributed by atoms with Crippen LogP contribution in [0.4, 0.5) is 5.69 Å². The lowest BCUT2D eigenvalue weighted by molar-refractivity contribution is 0.102. The van der Waals surface area contributed by atoms with E-state index in [-0.39, 0.29) is 5.91 Å². The van der Waals surface area contributed by atoms with Gasteiger partial charge in [0, 0.05) is 10.2 Å². The summed E-state index contributed by atoms with van der Waals surface area (Å²) in [5.41, 5.74) is 1.15. The molecule has 1 aliphatic carbocycles. The van der Waals surface area contributed by atoms with Gasteiger partial charge >= 0.3 is 0 Å². The van der Waals surface area contributed by atoms with E-state index in [2.05, 4.69) is 21.2 Å². The number of halogens is 2. The first-order chi connectivity index (χ1) is 11.1. The van der Waals surface area contributed by atoms with Gasteiger partial charge < -0.3 is 10.1 Å². The molecule has 2 aromatic carbocycles. The van der Waals surface area contributed by atoms with Crippen LogP contribution >= 0.6 is 27.5 Å². The van der Waals surface area contributed by atoms with Gasteiger partial charge in [-0.25, -0.2) is 0 Å². The number of amides is 1. The predicted molar refractivity (Wildman–Crippen MR) is 96.4 cm³/mol. The Kier molecular flexibility index (Phi) is 5.23. The van der Waals surface area contributed by atoms with Crippen LogP contribution in [0.5, 0.6) is 5.75 Å². The van der Waals surface area contributed by atoms with Crippen LogP contribution in [0.15, 0.2) is 46.9 Å². The van der Waals surface area contributed by atoms with Crippen molar-refractivity contribution in [1.82, 2.24) is 0 Å². The van der Waals surface area contributed by atoms with Gasteiger partial charge in [-0.15, -0.1) is 0 Å². The van der Waals surface area contributed by atoms with E-state index in [0.29, 0.717) is 22.4 Å². The average Bonchev–Trinajstić information content (AvgIpc) is 3.04. The second kappa shape index (κ2) is 7.37. The second-order valence-corrected chi connectivity index (χ2v) is 6.95. The second-order valence-electron chi connectivity index (χ2n) is 5.63. The van der Waals surface area contributed by atoms with Crippen molar-refractivity contribution in [2.75, 3.05) is 5.32 Å². The third-order valence-electron chi connectivity index (χ3n) is 3.89. The molecule has 0 unspecified atom stereocenters. The van der Waals surface area contributed by atoms with E-state index >= 15 is 0 Å². The predicted octanol–water partition coefficient (Wildman–Crippen LogP) is 5.68. The molecule has 0 radical (unpaired) electrons. The normalized spacial score (nSPS) is 14.7. The summed E-state index contributed by atoms with van der Waals surface area (Å²) in [6.45, 7) is 0. The van der Waals surface area contributed by atoms with E-state index in [9.17, 15) is 4.79 Å². The number of rotatable bonds is 4. The van der Waals surface area contributed by atoms with Gasteiger partial charge in [0.25, 0.3) is 5.91 Å². The molecular weight excluding hydrogens is 378 g/mol. The van der Waals surface area contributed by atoms with E-state index in [4.69, 9.17) is 16.3 Å². The quantitative estimate of drug-likeness (QED) is 0.725. The van der Waals surface area contributed by atoms with Gasteiger partial charge in [0.05, 0.1) is 16.7 Å². The van der Waals surface area contributed by atoms with Crippen LogP contribution in [0.1, 0.15) is 36.0 Å². The van der Waals surface area contributed by atoms with Crippen molar-refractivity contribution < 1.29 is 9.53 Å². The lowest BCUT2D eigenvalue weighted by Crippen LogP contribution is -2.13. The summed E-state index contributed by atoms with van der Waals surface area (Å²) >= 11 is 9.42. The van der Waals surface area contributed by atoms with E-state index in [0.717, 1.165) is 23.1 Å². The van der Waals surface area contributed by atoms with Crippen LogP contribution in [-0.2, 0) is 0 Å². The standard InChI is InChI=1S/C18H17BrClNO2/c19-12-5-10-17(20)16(11-12)18(22)21-13-6-8-15(9-7-13)23-14-3-1-2-4-14/h5-11,14H,1-4H2,(H,21,22). The highest BCUT2D eigenvalue weighted by molar-refractivity contribution is 9.10. The first-order valence-electron chi connectivity index (χ1n) is 7.65. The molecule has 3 rings (SSSR count). The molecule has 23 heavy (non-hydrogen) atoms. The van der Waals surface area contributed by atoms with Gasteiger partial charge in [0.1, 0.15) is 5.75 Å². The average molecular weight is 395 g/mol. The fourth-order valence-electron chi connectivity index (χ4n) is 2.69. The molecule has 0 bridgehead atoms. The number of ether oxygens (including phenoxy) is 1. The number of nitrogens with one attached hydrogen (secondary N) is 1. The SMILES string of the molecule is O=C(Nc1ccc(OC2CCCC2)cc1)c1cc(Br)ccc1Cl. The van der Waals surface area contributed by atoms with Crippen molar-refractivity contribution in [3.8, 4) is 5.75 Å². The van der Waals surface area contributed by atoms with Crippen LogP contribution in [0, 0.1) is 0 Å². The molecule has 0 heterocycles. The number of carbonyl (C=O) groups excluding carboxylic acids is 1. The summed E-state index contributed by atoms with van der Waals surface area (Å²) in [5.74, 6) is 0.608. The first kappa shape index (κ1) is 16.3. The lowest BCUT2D eigenvalue weighted by atomic mass is 10.2. The van der Waals surface area contributed by atoms with E-state index in [1.165, 1.54) is 12.8 Å². The molecule has 2 aromatic rings. The molecule has 0 atom stereocenters. The van der Waals surface area contributed by atoms with Crippen molar-refractivity contribution in [3.63, 3.8) is 0 Å². The zero-order chi connectivity index (χ0) is 16.2. The molecule has 1 fully saturated rings. The number of carbonyl (C=O) groups is 1. The zero-order valence-electron chi connectivity index (χ0n) is 12.5. The molecule has 3 nitrogen and oxygen atoms in total. The maximum atomic E-state index is 12.3. The van der Waals surface area contributed by atoms with Crippen molar-refractivity contribution in [3.05, 3.63) is 57.5 Å². The van der Waals surface area contributed by atoms with Gasteiger partial charge in [-0.1, -0.05) is 27.5 Å². The van der Waals surface area contributed by atoms with Crippen molar-refractivity contribution in [2.24, 2.45) is 0 Å². The minimum absolute atomic E-state index is 0.235. The molecule has 5 heteroatoms. The third kappa shape index (κ3) is 4.27. The molecule has 0 spiro atoms. The highest BCUT2D eigenvalue weighted by atomic mass is 79.9. The molecule has 0 saturated heterocycles. The molecule has 1 saturated carbocycles. The molecule has 1 aliphatic rings. The molecule has 1 N–H and O–H groups in total. The van der Waals surface area contributed by atoms with Gasteiger partial charge in [0.15, 0.2) is 0 Å². The summed E-state index contributed by atoms with van der Waals surface area (Å²) in [6.07, 6.45) is 5.06.